The second kappa shape index (κ2) is 8.07. The standard InChI is InChI=1S/C22H28N2O2S2/c1-15(2)17-4-6-18(7-5-17)26-19-8-10-22(11-9-19)24(12-13-28-22)21(25)20-14-27-16(3)23-20/h4-7,14-15,19H,8-13H2,1-3H3. The Hall–Kier alpha value is -1.53. The van der Waals surface area contributed by atoms with Crippen molar-refractivity contribution < 1.29 is 9.53 Å². The fraction of sp³-hybridized carbons (Fsp3) is 0.545. The van der Waals surface area contributed by atoms with Gasteiger partial charge in [0.25, 0.3) is 5.91 Å². The number of carbonyl (C=O) groups is 1. The normalized spacial score (nSPS) is 24.9. The number of thiazole rings is 1. The summed E-state index contributed by atoms with van der Waals surface area (Å²) in [7, 11) is 0. The molecule has 1 aliphatic carbocycles. The fourth-order valence-corrected chi connectivity index (χ4v) is 6.29. The molecule has 2 aliphatic rings. The molecule has 2 heterocycles. The topological polar surface area (TPSA) is 42.4 Å². The zero-order chi connectivity index (χ0) is 19.7. The molecule has 1 aromatic carbocycles. The predicted molar refractivity (Wildman–Crippen MR) is 116 cm³/mol. The van der Waals surface area contributed by atoms with Crippen LogP contribution in [-0.4, -0.2) is 39.1 Å². The molecular formula is C22H28N2O2S2. The van der Waals surface area contributed by atoms with E-state index in [4.69, 9.17) is 4.74 Å². The van der Waals surface area contributed by atoms with Crippen LogP contribution in [0.15, 0.2) is 29.6 Å². The van der Waals surface area contributed by atoms with E-state index >= 15 is 0 Å². The van der Waals surface area contributed by atoms with Gasteiger partial charge in [-0.1, -0.05) is 26.0 Å². The third-order valence-electron chi connectivity index (χ3n) is 5.82. The number of benzene rings is 1. The number of aromatic nitrogens is 1. The minimum Gasteiger partial charge on any atom is -0.490 e. The number of ether oxygens (including phenoxy) is 1. The average Bonchev–Trinajstić information content (AvgIpc) is 3.30. The van der Waals surface area contributed by atoms with Crippen molar-refractivity contribution in [3.05, 3.63) is 45.9 Å². The first-order valence-corrected chi connectivity index (χ1v) is 12.0. The first-order valence-electron chi connectivity index (χ1n) is 10.1. The lowest BCUT2D eigenvalue weighted by Crippen LogP contribution is -2.49. The summed E-state index contributed by atoms with van der Waals surface area (Å²) < 4.78 is 6.25. The second-order valence-electron chi connectivity index (χ2n) is 8.04. The van der Waals surface area contributed by atoms with Gasteiger partial charge in [-0.3, -0.25) is 4.79 Å². The summed E-state index contributed by atoms with van der Waals surface area (Å²) in [5, 5.41) is 2.84. The van der Waals surface area contributed by atoms with Crippen molar-refractivity contribution in [2.24, 2.45) is 0 Å². The number of rotatable bonds is 4. The maximum Gasteiger partial charge on any atom is 0.274 e. The molecule has 0 radical (unpaired) electrons. The highest BCUT2D eigenvalue weighted by molar-refractivity contribution is 8.00. The number of thioether (sulfide) groups is 1. The number of nitrogens with zero attached hydrogens (tertiary/aromatic N) is 2. The van der Waals surface area contributed by atoms with Gasteiger partial charge in [-0.2, -0.15) is 0 Å². The molecule has 28 heavy (non-hydrogen) atoms. The summed E-state index contributed by atoms with van der Waals surface area (Å²) in [6, 6.07) is 8.50. The molecule has 1 saturated carbocycles. The zero-order valence-corrected chi connectivity index (χ0v) is 18.4. The van der Waals surface area contributed by atoms with Crippen molar-refractivity contribution >= 4 is 29.0 Å². The summed E-state index contributed by atoms with van der Waals surface area (Å²) in [5.74, 6) is 2.60. The summed E-state index contributed by atoms with van der Waals surface area (Å²) in [5.41, 5.74) is 1.94. The molecule has 6 heteroatoms. The summed E-state index contributed by atoms with van der Waals surface area (Å²) in [4.78, 5) is 19.4. The van der Waals surface area contributed by atoms with Gasteiger partial charge in [0, 0.05) is 17.7 Å². The van der Waals surface area contributed by atoms with Crippen LogP contribution in [0.25, 0.3) is 0 Å². The molecule has 1 aliphatic heterocycles. The first-order chi connectivity index (χ1) is 13.5. The highest BCUT2D eigenvalue weighted by Crippen LogP contribution is 2.47. The van der Waals surface area contributed by atoms with Crippen molar-refractivity contribution in [3.8, 4) is 5.75 Å². The van der Waals surface area contributed by atoms with Crippen LogP contribution in [0.1, 0.15) is 66.5 Å². The molecular weight excluding hydrogens is 388 g/mol. The van der Waals surface area contributed by atoms with E-state index in [9.17, 15) is 4.79 Å². The first kappa shape index (κ1) is 19.8. The van der Waals surface area contributed by atoms with Gasteiger partial charge in [-0.05, 0) is 56.2 Å². The Morgan fingerprint density at radius 2 is 1.96 bits per heavy atom. The molecule has 1 saturated heterocycles. The van der Waals surface area contributed by atoms with Crippen LogP contribution in [0, 0.1) is 6.92 Å². The van der Waals surface area contributed by atoms with Crippen LogP contribution in [0.4, 0.5) is 0 Å². The van der Waals surface area contributed by atoms with E-state index in [1.54, 1.807) is 11.3 Å². The lowest BCUT2D eigenvalue weighted by Gasteiger charge is -2.42. The Kier molecular flexibility index (Phi) is 5.70. The molecule has 0 N–H and O–H groups in total. The Balaban J connectivity index is 1.39. The number of hydrogen-bond donors (Lipinski definition) is 0. The SMILES string of the molecule is Cc1nc(C(=O)N2CCSC23CCC(Oc2ccc(C(C)C)cc2)CC3)cs1. The highest BCUT2D eigenvalue weighted by Gasteiger charge is 2.47. The van der Waals surface area contributed by atoms with Crippen LogP contribution in [0.3, 0.4) is 0 Å². The quantitative estimate of drug-likeness (QED) is 0.662. The van der Waals surface area contributed by atoms with E-state index in [-0.39, 0.29) is 16.9 Å². The second-order valence-corrected chi connectivity index (χ2v) is 10.6. The number of carbonyl (C=O) groups excluding carboxylic acids is 1. The predicted octanol–water partition coefficient (Wildman–Crippen LogP) is 5.48. The van der Waals surface area contributed by atoms with Crippen molar-refractivity contribution in [2.75, 3.05) is 12.3 Å². The lowest BCUT2D eigenvalue weighted by molar-refractivity contribution is 0.0508. The molecule has 4 nitrogen and oxygen atoms in total. The van der Waals surface area contributed by atoms with Crippen LogP contribution >= 0.6 is 23.1 Å². The van der Waals surface area contributed by atoms with Gasteiger partial charge in [0.1, 0.15) is 11.4 Å². The van der Waals surface area contributed by atoms with Gasteiger partial charge < -0.3 is 9.64 Å². The average molecular weight is 417 g/mol. The largest absolute Gasteiger partial charge is 0.490 e. The van der Waals surface area contributed by atoms with Crippen LogP contribution in [0.5, 0.6) is 5.75 Å². The van der Waals surface area contributed by atoms with E-state index in [0.29, 0.717) is 11.6 Å². The van der Waals surface area contributed by atoms with Crippen LogP contribution in [-0.2, 0) is 0 Å². The van der Waals surface area contributed by atoms with Crippen LogP contribution in [0.2, 0.25) is 0 Å². The van der Waals surface area contributed by atoms with Gasteiger partial charge >= 0.3 is 0 Å². The molecule has 0 unspecified atom stereocenters. The lowest BCUT2D eigenvalue weighted by atomic mass is 9.90. The van der Waals surface area contributed by atoms with E-state index in [0.717, 1.165) is 48.7 Å². The molecule has 2 fully saturated rings. The smallest absolute Gasteiger partial charge is 0.274 e. The minimum atomic E-state index is -0.0734. The Labute approximate surface area is 175 Å². The van der Waals surface area contributed by atoms with Gasteiger partial charge in [-0.25, -0.2) is 4.98 Å². The van der Waals surface area contributed by atoms with Gasteiger partial charge in [-0.15, -0.1) is 23.1 Å². The third-order valence-corrected chi connectivity index (χ3v) is 8.15. The van der Waals surface area contributed by atoms with Gasteiger partial charge in [0.2, 0.25) is 0 Å². The Morgan fingerprint density at radius 3 is 2.57 bits per heavy atom. The van der Waals surface area contributed by atoms with Crippen molar-refractivity contribution in [3.63, 3.8) is 0 Å². The minimum absolute atomic E-state index is 0.0734. The van der Waals surface area contributed by atoms with Gasteiger partial charge in [0.05, 0.1) is 16.0 Å². The zero-order valence-electron chi connectivity index (χ0n) is 16.8. The molecule has 4 rings (SSSR count). The molecule has 1 aromatic heterocycles. The molecule has 2 aromatic rings. The van der Waals surface area contributed by atoms with E-state index in [1.807, 2.05) is 24.1 Å². The maximum atomic E-state index is 13.0. The van der Waals surface area contributed by atoms with E-state index in [1.165, 1.54) is 5.56 Å². The summed E-state index contributed by atoms with van der Waals surface area (Å²) in [6.07, 6.45) is 4.18. The molecule has 1 spiro atoms. The van der Waals surface area contributed by atoms with Crippen molar-refractivity contribution in [1.29, 1.82) is 0 Å². The summed E-state index contributed by atoms with van der Waals surface area (Å²) >= 11 is 3.49. The number of amides is 1. The Morgan fingerprint density at radius 1 is 1.25 bits per heavy atom. The van der Waals surface area contributed by atoms with Crippen molar-refractivity contribution in [1.82, 2.24) is 9.88 Å². The molecule has 1 amide bonds. The van der Waals surface area contributed by atoms with Crippen molar-refractivity contribution in [2.45, 2.75) is 63.3 Å². The van der Waals surface area contributed by atoms with E-state index < -0.39 is 0 Å². The number of hydrogen-bond acceptors (Lipinski definition) is 5. The van der Waals surface area contributed by atoms with Crippen LogP contribution < -0.4 is 4.74 Å². The maximum absolute atomic E-state index is 13.0. The van der Waals surface area contributed by atoms with E-state index in [2.05, 4.69) is 48.0 Å². The molecule has 0 bridgehead atoms. The monoisotopic (exact) mass is 416 g/mol. The molecule has 150 valence electrons. The number of aryl methyl sites for hydroxylation is 1. The fourth-order valence-electron chi connectivity index (χ4n) is 4.19. The Bertz CT molecular complexity index is 823. The third kappa shape index (κ3) is 3.94. The highest BCUT2D eigenvalue weighted by atomic mass is 32.2. The molecule has 0 atom stereocenters. The summed E-state index contributed by atoms with van der Waals surface area (Å²) in [6.45, 7) is 7.18. The van der Waals surface area contributed by atoms with Gasteiger partial charge in [0.15, 0.2) is 0 Å².